The van der Waals surface area contributed by atoms with Gasteiger partial charge in [-0.1, -0.05) is 0 Å². The number of hydrogen-bond acceptors (Lipinski definition) is 5. The fourth-order valence-electron chi connectivity index (χ4n) is 3.23. The number of aliphatic hydroxyl groups excluding tert-OH is 1. The van der Waals surface area contributed by atoms with E-state index >= 15 is 0 Å². The molecule has 0 spiro atoms. The first-order valence-electron chi connectivity index (χ1n) is 7.82. The van der Waals surface area contributed by atoms with Crippen LogP contribution in [0.15, 0.2) is 92.7 Å². The number of hydrogen-bond donors (Lipinski definition) is 2. The number of phenolic OH excluding ortho intramolecular Hbond substituents is 1. The summed E-state index contributed by atoms with van der Waals surface area (Å²) in [5, 5.41) is 21.8. The SMILES string of the molecule is Oc1ccccc1[CH](O)[Ge]([c]1ccco1)([c]1ccco1)[c]1ccco1. The zero-order valence-corrected chi connectivity index (χ0v) is 15.3. The fourth-order valence-corrected chi connectivity index (χ4v) is 11.8. The first-order chi connectivity index (χ1) is 12.2. The van der Waals surface area contributed by atoms with E-state index in [1.165, 1.54) is 0 Å². The van der Waals surface area contributed by atoms with Crippen molar-refractivity contribution in [3.8, 4) is 5.75 Å². The molecule has 0 aliphatic heterocycles. The van der Waals surface area contributed by atoms with Gasteiger partial charge in [-0.15, -0.1) is 0 Å². The van der Waals surface area contributed by atoms with Crippen LogP contribution >= 0.6 is 0 Å². The van der Waals surface area contributed by atoms with Crippen LogP contribution in [-0.4, -0.2) is 23.5 Å². The molecule has 1 atom stereocenters. The van der Waals surface area contributed by atoms with Crippen LogP contribution in [0.1, 0.15) is 10.5 Å². The Bertz CT molecular complexity index is 842. The molecule has 3 heterocycles. The fraction of sp³-hybridized carbons (Fsp3) is 0.0526. The van der Waals surface area contributed by atoms with Crippen LogP contribution in [0.4, 0.5) is 0 Å². The van der Waals surface area contributed by atoms with E-state index < -0.39 is 18.2 Å². The number of rotatable bonds is 5. The summed E-state index contributed by atoms with van der Waals surface area (Å²) < 4.78 is 19.1. The Balaban J connectivity index is 2.03. The second kappa shape index (κ2) is 6.35. The summed E-state index contributed by atoms with van der Waals surface area (Å²) in [4.78, 5) is -1.02. The Morgan fingerprint density at radius 3 is 1.56 bits per heavy atom. The quantitative estimate of drug-likeness (QED) is 0.504. The molecule has 5 nitrogen and oxygen atoms in total. The zero-order chi connectivity index (χ0) is 17.3. The summed E-state index contributed by atoms with van der Waals surface area (Å²) in [6.45, 7) is 0. The normalized spacial score (nSPS) is 13.0. The predicted octanol–water partition coefficient (Wildman–Crippen LogP) is 1.91. The van der Waals surface area contributed by atoms with Crippen molar-refractivity contribution in [1.29, 1.82) is 0 Å². The molecule has 0 saturated heterocycles. The molecule has 126 valence electrons. The molecule has 0 fully saturated rings. The number of aliphatic hydroxyl groups is 1. The van der Waals surface area contributed by atoms with Crippen molar-refractivity contribution >= 4 is 27.0 Å². The summed E-state index contributed by atoms with van der Waals surface area (Å²) in [7, 11) is 0. The summed E-state index contributed by atoms with van der Waals surface area (Å²) in [5.74, 6) is 0.0228. The standard InChI is InChI=1S/C19H16GeO5/c21-15-7-2-1-6-14(15)19(22)20(16-8-3-11-23-16,17-9-4-12-24-17)18-10-5-13-25-18/h1-13,19,21-22H. The Morgan fingerprint density at radius 1 is 0.680 bits per heavy atom. The van der Waals surface area contributed by atoms with Gasteiger partial charge in [0.15, 0.2) is 0 Å². The molecular formula is C19H16GeO5. The van der Waals surface area contributed by atoms with Gasteiger partial charge in [0.05, 0.1) is 0 Å². The van der Waals surface area contributed by atoms with Crippen LogP contribution in [0.5, 0.6) is 5.75 Å². The van der Waals surface area contributed by atoms with Crippen LogP contribution in [0, 0.1) is 0 Å². The van der Waals surface area contributed by atoms with Gasteiger partial charge in [-0.3, -0.25) is 0 Å². The zero-order valence-electron chi connectivity index (χ0n) is 13.2. The number of phenols is 1. The molecule has 4 rings (SSSR count). The monoisotopic (exact) mass is 398 g/mol. The maximum absolute atomic E-state index is 11.5. The summed E-state index contributed by atoms with van der Waals surface area (Å²) in [6, 6.07) is 17.6. The van der Waals surface area contributed by atoms with Gasteiger partial charge < -0.3 is 0 Å². The molecule has 1 aromatic carbocycles. The van der Waals surface area contributed by atoms with Crippen LogP contribution in [0.25, 0.3) is 0 Å². The van der Waals surface area contributed by atoms with Gasteiger partial charge in [0.2, 0.25) is 0 Å². The third-order valence-electron chi connectivity index (χ3n) is 4.37. The number of benzene rings is 1. The van der Waals surface area contributed by atoms with Gasteiger partial charge in [-0.05, 0) is 0 Å². The first-order valence-corrected chi connectivity index (χ1v) is 12.2. The molecule has 6 heteroatoms. The molecule has 2 N–H and O–H groups in total. The van der Waals surface area contributed by atoms with Gasteiger partial charge in [0.1, 0.15) is 0 Å². The Labute approximate surface area is 146 Å². The van der Waals surface area contributed by atoms with E-state index in [1.807, 2.05) is 18.2 Å². The molecule has 0 saturated carbocycles. The first kappa shape index (κ1) is 15.9. The Hall–Kier alpha value is -2.64. The van der Waals surface area contributed by atoms with E-state index in [2.05, 4.69) is 0 Å². The maximum atomic E-state index is 11.5. The average molecular weight is 397 g/mol. The topological polar surface area (TPSA) is 79.9 Å². The number of aromatic hydroxyl groups is 1. The Morgan fingerprint density at radius 2 is 1.16 bits per heavy atom. The molecule has 25 heavy (non-hydrogen) atoms. The van der Waals surface area contributed by atoms with E-state index in [1.54, 1.807) is 61.3 Å². The Kier molecular flexibility index (Phi) is 4.03. The van der Waals surface area contributed by atoms with Gasteiger partial charge in [-0.25, -0.2) is 0 Å². The molecule has 0 amide bonds. The van der Waals surface area contributed by atoms with Crippen molar-refractivity contribution in [2.75, 3.05) is 0 Å². The van der Waals surface area contributed by atoms with E-state index in [9.17, 15) is 10.2 Å². The molecule has 0 aliphatic rings. The third-order valence-corrected chi connectivity index (χ3v) is 13.4. The molecule has 0 radical (unpaired) electrons. The van der Waals surface area contributed by atoms with Crippen LogP contribution in [-0.2, 0) is 0 Å². The van der Waals surface area contributed by atoms with Crippen LogP contribution in [0.2, 0.25) is 0 Å². The number of furan rings is 3. The van der Waals surface area contributed by atoms with Crippen molar-refractivity contribution in [3.63, 3.8) is 0 Å². The third kappa shape index (κ3) is 2.43. The van der Waals surface area contributed by atoms with Gasteiger partial charge in [0.25, 0.3) is 0 Å². The van der Waals surface area contributed by atoms with E-state index in [-0.39, 0.29) is 5.75 Å². The van der Waals surface area contributed by atoms with Gasteiger partial charge >= 0.3 is 146 Å². The molecule has 3 aromatic heterocycles. The molecule has 0 aliphatic carbocycles. The average Bonchev–Trinajstić information content (AvgIpc) is 3.40. The molecule has 1 unspecified atom stereocenters. The van der Waals surface area contributed by atoms with Crippen molar-refractivity contribution < 1.29 is 23.5 Å². The second-order valence-electron chi connectivity index (χ2n) is 5.70. The van der Waals surface area contributed by atoms with Gasteiger partial charge in [0, 0.05) is 0 Å². The van der Waals surface area contributed by atoms with Gasteiger partial charge in [-0.2, -0.15) is 0 Å². The number of para-hydroxylation sites is 1. The second-order valence-corrected chi connectivity index (χ2v) is 13.3. The molecule has 4 aromatic rings. The van der Waals surface area contributed by atoms with E-state index in [4.69, 9.17) is 13.3 Å². The van der Waals surface area contributed by atoms with Crippen LogP contribution < -0.4 is 13.8 Å². The predicted molar refractivity (Wildman–Crippen MR) is 93.8 cm³/mol. The van der Waals surface area contributed by atoms with Crippen molar-refractivity contribution in [3.05, 3.63) is 85.0 Å². The van der Waals surface area contributed by atoms with E-state index in [0.29, 0.717) is 19.3 Å². The summed E-state index contributed by atoms with van der Waals surface area (Å²) >= 11 is -3.93. The van der Waals surface area contributed by atoms with Crippen LogP contribution in [0.3, 0.4) is 0 Å². The van der Waals surface area contributed by atoms with Crippen molar-refractivity contribution in [2.24, 2.45) is 0 Å². The minimum atomic E-state index is -3.93. The summed E-state index contributed by atoms with van der Waals surface area (Å²) in [5.41, 5.74) is 0.423. The van der Waals surface area contributed by atoms with Crippen molar-refractivity contribution in [1.82, 2.24) is 0 Å². The van der Waals surface area contributed by atoms with Crippen molar-refractivity contribution in [2.45, 2.75) is 4.94 Å². The summed E-state index contributed by atoms with van der Waals surface area (Å²) in [6.07, 6.45) is 4.70. The van der Waals surface area contributed by atoms with E-state index in [0.717, 1.165) is 0 Å². The molecular weight excluding hydrogens is 381 g/mol. The molecule has 0 bridgehead atoms. The minimum absolute atomic E-state index is 0.0228.